The molecule has 0 bridgehead atoms. The van der Waals surface area contributed by atoms with Gasteiger partial charge in [-0.15, -0.1) is 5.10 Å². The van der Waals surface area contributed by atoms with Crippen LogP contribution in [0.1, 0.15) is 11.1 Å². The van der Waals surface area contributed by atoms with Gasteiger partial charge in [0.15, 0.2) is 5.82 Å². The number of H-pyrrole nitrogens is 1. The lowest BCUT2D eigenvalue weighted by Gasteiger charge is -2.10. The maximum absolute atomic E-state index is 13.2. The maximum atomic E-state index is 13.2. The molecule has 0 saturated heterocycles. The number of hydrogen-bond donors (Lipinski definition) is 2. The predicted molar refractivity (Wildman–Crippen MR) is 95.6 cm³/mol. The van der Waals surface area contributed by atoms with E-state index in [-0.39, 0.29) is 11.4 Å². The Kier molecular flexibility index (Phi) is 3.87. The molecule has 2 heterocycles. The van der Waals surface area contributed by atoms with Crippen LogP contribution in [0, 0.1) is 6.92 Å². The fraction of sp³-hybridized carbons (Fsp3) is 0.167. The van der Waals surface area contributed by atoms with E-state index in [9.17, 15) is 13.2 Å². The zero-order valence-corrected chi connectivity index (χ0v) is 14.5. The molecule has 0 fully saturated rings. The molecule has 0 atom stereocenters. The van der Waals surface area contributed by atoms with Crippen LogP contribution >= 0.6 is 0 Å². The number of benzene rings is 2. The topological polar surface area (TPSA) is 71.4 Å². The van der Waals surface area contributed by atoms with Crippen LogP contribution < -0.4 is 5.32 Å². The first-order valence-electron chi connectivity index (χ1n) is 8.11. The summed E-state index contributed by atoms with van der Waals surface area (Å²) in [5.74, 6) is 0.636. The van der Waals surface area contributed by atoms with E-state index in [1.807, 2.05) is 18.2 Å². The molecule has 9 heteroatoms. The molecule has 2 aromatic heterocycles. The second kappa shape index (κ2) is 6.11. The molecule has 0 aliphatic heterocycles. The number of rotatable bonds is 3. The monoisotopic (exact) mass is 372 g/mol. The molecule has 27 heavy (non-hydrogen) atoms. The summed E-state index contributed by atoms with van der Waals surface area (Å²) >= 11 is 0. The lowest BCUT2D eigenvalue weighted by atomic mass is 10.0. The second-order valence-corrected chi connectivity index (χ2v) is 6.21. The molecule has 6 nitrogen and oxygen atoms in total. The molecular weight excluding hydrogens is 357 g/mol. The average molecular weight is 372 g/mol. The van der Waals surface area contributed by atoms with E-state index in [0.29, 0.717) is 11.5 Å². The van der Waals surface area contributed by atoms with Gasteiger partial charge in [0.1, 0.15) is 0 Å². The fourth-order valence-electron chi connectivity index (χ4n) is 2.83. The first-order valence-corrected chi connectivity index (χ1v) is 8.11. The number of nitrogens with one attached hydrogen (secondary N) is 2. The number of hydrogen-bond acceptors (Lipinski definition) is 4. The highest BCUT2D eigenvalue weighted by Gasteiger charge is 2.32. The Morgan fingerprint density at radius 2 is 1.93 bits per heavy atom. The van der Waals surface area contributed by atoms with Crippen LogP contribution in [0.4, 0.5) is 24.8 Å². The average Bonchev–Trinajstić information content (AvgIpc) is 3.21. The van der Waals surface area contributed by atoms with Crippen molar-refractivity contribution in [2.24, 2.45) is 7.05 Å². The third-order valence-electron chi connectivity index (χ3n) is 4.26. The van der Waals surface area contributed by atoms with Gasteiger partial charge >= 0.3 is 6.18 Å². The number of nitrogens with zero attached hydrogens (tertiary/aromatic N) is 4. The van der Waals surface area contributed by atoms with E-state index in [2.05, 4.69) is 25.6 Å². The van der Waals surface area contributed by atoms with Gasteiger partial charge in [0.05, 0.1) is 17.3 Å². The van der Waals surface area contributed by atoms with Crippen LogP contribution in [-0.2, 0) is 13.2 Å². The number of fused-ring (bicyclic) bond motifs is 1. The molecule has 2 aromatic carbocycles. The van der Waals surface area contributed by atoms with Crippen molar-refractivity contribution in [3.8, 4) is 11.4 Å². The number of alkyl halides is 3. The molecular formula is C18H15F3N6. The number of aromatic amines is 1. The lowest BCUT2D eigenvalue weighted by Crippen LogP contribution is -2.07. The van der Waals surface area contributed by atoms with Gasteiger partial charge in [-0.3, -0.25) is 5.10 Å². The minimum Gasteiger partial charge on any atom is -0.324 e. The molecule has 0 unspecified atom stereocenters. The Balaban J connectivity index is 1.67. The van der Waals surface area contributed by atoms with Gasteiger partial charge in [-0.25, -0.2) is 4.68 Å². The van der Waals surface area contributed by atoms with Crippen molar-refractivity contribution in [3.05, 3.63) is 53.7 Å². The second-order valence-electron chi connectivity index (χ2n) is 6.21. The van der Waals surface area contributed by atoms with Gasteiger partial charge in [0, 0.05) is 23.7 Å². The number of aromatic nitrogens is 5. The zero-order valence-electron chi connectivity index (χ0n) is 14.5. The van der Waals surface area contributed by atoms with Crippen molar-refractivity contribution >= 4 is 22.5 Å². The largest absolute Gasteiger partial charge is 0.416 e. The van der Waals surface area contributed by atoms with Gasteiger partial charge < -0.3 is 5.32 Å². The summed E-state index contributed by atoms with van der Waals surface area (Å²) < 4.78 is 40.9. The fourth-order valence-corrected chi connectivity index (χ4v) is 2.83. The van der Waals surface area contributed by atoms with E-state index in [0.717, 1.165) is 22.7 Å². The Bertz CT molecular complexity index is 1130. The van der Waals surface area contributed by atoms with Crippen molar-refractivity contribution in [3.63, 3.8) is 0 Å². The van der Waals surface area contributed by atoms with Crippen LogP contribution in [-0.4, -0.2) is 25.0 Å². The van der Waals surface area contributed by atoms with Crippen molar-refractivity contribution in [2.45, 2.75) is 13.1 Å². The molecule has 0 radical (unpaired) electrons. The zero-order chi connectivity index (χ0) is 19.2. The lowest BCUT2D eigenvalue weighted by molar-refractivity contribution is -0.138. The Morgan fingerprint density at radius 1 is 1.11 bits per heavy atom. The normalized spacial score (nSPS) is 11.9. The summed E-state index contributed by atoms with van der Waals surface area (Å²) in [6.45, 7) is 1.43. The molecule has 4 rings (SSSR count). The quantitative estimate of drug-likeness (QED) is 0.558. The molecule has 138 valence electrons. The third kappa shape index (κ3) is 3.23. The summed E-state index contributed by atoms with van der Waals surface area (Å²) in [5.41, 5.74) is 1.45. The minimum atomic E-state index is -4.42. The van der Waals surface area contributed by atoms with E-state index in [4.69, 9.17) is 0 Å². The number of aryl methyl sites for hydroxylation is 2. The standard InChI is InChI=1S/C18H15F3N6/c1-10-3-4-11(8-14(10)18(19,20)21)16-24-17(27(2)26-16)23-13-5-6-15-12(7-13)9-22-25-15/h3-9H,1-2H3,(H,22,25)(H,23,24,26). The minimum absolute atomic E-state index is 0.161. The highest BCUT2D eigenvalue weighted by atomic mass is 19.4. The summed E-state index contributed by atoms with van der Waals surface area (Å²) in [7, 11) is 1.67. The van der Waals surface area contributed by atoms with Gasteiger partial charge in [0.25, 0.3) is 0 Å². The van der Waals surface area contributed by atoms with Crippen molar-refractivity contribution < 1.29 is 13.2 Å². The SMILES string of the molecule is Cc1ccc(-c2nc(Nc3ccc4[nH]ncc4c3)n(C)n2)cc1C(F)(F)F. The maximum Gasteiger partial charge on any atom is 0.416 e. The summed E-state index contributed by atoms with van der Waals surface area (Å²) in [6.07, 6.45) is -2.72. The number of anilines is 2. The van der Waals surface area contributed by atoms with Gasteiger partial charge in [-0.2, -0.15) is 23.3 Å². The van der Waals surface area contributed by atoms with E-state index in [1.165, 1.54) is 17.7 Å². The van der Waals surface area contributed by atoms with Crippen LogP contribution in [0.3, 0.4) is 0 Å². The predicted octanol–water partition coefficient (Wildman–Crippen LogP) is 4.43. The summed E-state index contributed by atoms with van der Waals surface area (Å²) in [4.78, 5) is 4.35. The van der Waals surface area contributed by atoms with Crippen LogP contribution in [0.2, 0.25) is 0 Å². The highest BCUT2D eigenvalue weighted by molar-refractivity contribution is 5.82. The highest BCUT2D eigenvalue weighted by Crippen LogP contribution is 2.34. The van der Waals surface area contributed by atoms with Crippen LogP contribution in [0.5, 0.6) is 0 Å². The Labute approximate surface area is 152 Å². The first kappa shape index (κ1) is 17.1. The molecule has 2 N–H and O–H groups in total. The van der Waals surface area contributed by atoms with Crippen molar-refractivity contribution in [1.29, 1.82) is 0 Å². The molecule has 4 aromatic rings. The van der Waals surface area contributed by atoms with E-state index >= 15 is 0 Å². The molecule has 0 aliphatic rings. The Morgan fingerprint density at radius 3 is 2.70 bits per heavy atom. The molecule has 0 saturated carbocycles. The third-order valence-corrected chi connectivity index (χ3v) is 4.26. The van der Waals surface area contributed by atoms with Crippen molar-refractivity contribution in [1.82, 2.24) is 25.0 Å². The summed E-state index contributed by atoms with van der Waals surface area (Å²) in [5, 5.41) is 15.1. The Hall–Kier alpha value is -3.36. The van der Waals surface area contributed by atoms with E-state index in [1.54, 1.807) is 19.3 Å². The van der Waals surface area contributed by atoms with Crippen LogP contribution in [0.15, 0.2) is 42.6 Å². The van der Waals surface area contributed by atoms with Gasteiger partial charge in [-0.05, 0) is 36.8 Å². The number of halogens is 3. The van der Waals surface area contributed by atoms with Gasteiger partial charge in [-0.1, -0.05) is 12.1 Å². The summed E-state index contributed by atoms with van der Waals surface area (Å²) in [6, 6.07) is 9.70. The first-order chi connectivity index (χ1) is 12.8. The van der Waals surface area contributed by atoms with E-state index < -0.39 is 11.7 Å². The molecule has 0 spiro atoms. The molecule has 0 aliphatic carbocycles. The van der Waals surface area contributed by atoms with Crippen molar-refractivity contribution in [2.75, 3.05) is 5.32 Å². The van der Waals surface area contributed by atoms with Gasteiger partial charge in [0.2, 0.25) is 5.95 Å². The smallest absolute Gasteiger partial charge is 0.324 e. The van der Waals surface area contributed by atoms with Crippen LogP contribution in [0.25, 0.3) is 22.3 Å². The molecule has 0 amide bonds.